The van der Waals surface area contributed by atoms with Gasteiger partial charge in [-0.1, -0.05) is 35.0 Å². The van der Waals surface area contributed by atoms with Crippen molar-refractivity contribution < 1.29 is 14.3 Å². The zero-order valence-electron chi connectivity index (χ0n) is 9.23. The molecule has 0 spiro atoms. The van der Waals surface area contributed by atoms with Gasteiger partial charge < -0.3 is 5.11 Å². The molecule has 0 bridgehead atoms. The number of nitrogens with zero attached hydrogens (tertiary/aromatic N) is 1. The average molecular weight is 318 g/mol. The summed E-state index contributed by atoms with van der Waals surface area (Å²) in [6, 6.07) is 5.78. The topological polar surface area (TPSA) is 50.2 Å². The lowest BCUT2D eigenvalue weighted by atomic mass is 10.3. The van der Waals surface area contributed by atoms with Crippen molar-refractivity contribution in [2.75, 3.05) is 0 Å². The van der Waals surface area contributed by atoms with Crippen LogP contribution in [0.2, 0.25) is 10.0 Å². The normalized spacial score (nSPS) is 10.5. The molecular formula is C12H6Cl2FNO2S. The van der Waals surface area contributed by atoms with Gasteiger partial charge in [0.15, 0.2) is 0 Å². The fraction of sp³-hybridized carbons (Fsp3) is 0. The maximum absolute atomic E-state index is 13.0. The first kappa shape index (κ1) is 14.1. The summed E-state index contributed by atoms with van der Waals surface area (Å²) in [5.74, 6) is -1.94. The second kappa shape index (κ2) is 5.77. The highest BCUT2D eigenvalue weighted by molar-refractivity contribution is 7.99. The summed E-state index contributed by atoms with van der Waals surface area (Å²) in [5.41, 5.74) is -0.198. The largest absolute Gasteiger partial charge is 0.478 e. The van der Waals surface area contributed by atoms with E-state index in [-0.39, 0.29) is 10.6 Å². The molecule has 0 aliphatic rings. The number of hydrogen-bond donors (Lipinski definition) is 1. The summed E-state index contributed by atoms with van der Waals surface area (Å²) in [4.78, 5) is 15.5. The molecule has 0 aliphatic carbocycles. The average Bonchev–Trinajstić information content (AvgIpc) is 2.36. The minimum atomic E-state index is -1.24. The fourth-order valence-electron chi connectivity index (χ4n) is 1.31. The molecule has 1 aromatic heterocycles. The first-order valence-corrected chi connectivity index (χ1v) is 6.56. The third kappa shape index (κ3) is 3.37. The Morgan fingerprint density at radius 2 is 2.00 bits per heavy atom. The molecule has 3 nitrogen and oxygen atoms in total. The molecule has 0 amide bonds. The second-order valence-electron chi connectivity index (χ2n) is 3.49. The van der Waals surface area contributed by atoms with Crippen molar-refractivity contribution in [1.82, 2.24) is 4.98 Å². The fourth-order valence-corrected chi connectivity index (χ4v) is 2.57. The van der Waals surface area contributed by atoms with E-state index in [9.17, 15) is 9.18 Å². The summed E-state index contributed by atoms with van der Waals surface area (Å²) in [7, 11) is 0. The Morgan fingerprint density at radius 3 is 2.63 bits per heavy atom. The monoisotopic (exact) mass is 317 g/mol. The SMILES string of the molecule is O=C(O)c1cc(F)cnc1Sc1ccc(Cl)c(Cl)c1. The van der Waals surface area contributed by atoms with Crippen molar-refractivity contribution in [3.63, 3.8) is 0 Å². The molecular weight excluding hydrogens is 312 g/mol. The number of pyridine rings is 1. The lowest BCUT2D eigenvalue weighted by molar-refractivity contribution is 0.0691. The zero-order valence-corrected chi connectivity index (χ0v) is 11.6. The molecule has 0 saturated heterocycles. The van der Waals surface area contributed by atoms with Gasteiger partial charge in [-0.05, 0) is 24.3 Å². The highest BCUT2D eigenvalue weighted by Crippen LogP contribution is 2.33. The number of hydrogen-bond acceptors (Lipinski definition) is 3. The van der Waals surface area contributed by atoms with E-state index in [2.05, 4.69) is 4.98 Å². The van der Waals surface area contributed by atoms with Gasteiger partial charge in [0, 0.05) is 4.90 Å². The van der Waals surface area contributed by atoms with Crippen molar-refractivity contribution in [2.45, 2.75) is 9.92 Å². The number of halogens is 3. The number of aromatic nitrogens is 1. The number of carboxylic acids is 1. The lowest BCUT2D eigenvalue weighted by Crippen LogP contribution is -2.01. The Hall–Kier alpha value is -1.30. The van der Waals surface area contributed by atoms with E-state index < -0.39 is 11.8 Å². The van der Waals surface area contributed by atoms with E-state index in [0.717, 1.165) is 24.0 Å². The van der Waals surface area contributed by atoms with Crippen molar-refractivity contribution in [3.8, 4) is 0 Å². The van der Waals surface area contributed by atoms with Crippen LogP contribution in [0.4, 0.5) is 4.39 Å². The van der Waals surface area contributed by atoms with E-state index >= 15 is 0 Å². The maximum atomic E-state index is 13.0. The molecule has 0 unspecified atom stereocenters. The molecule has 1 heterocycles. The van der Waals surface area contributed by atoms with E-state index in [0.29, 0.717) is 14.9 Å². The highest BCUT2D eigenvalue weighted by atomic mass is 35.5. The molecule has 1 N–H and O–H groups in total. The van der Waals surface area contributed by atoms with Crippen LogP contribution in [0.3, 0.4) is 0 Å². The standard InChI is InChI=1S/C12H6Cl2FNO2S/c13-9-2-1-7(4-10(9)14)19-11-8(12(17)18)3-6(15)5-16-11/h1-5H,(H,17,18). The third-order valence-corrected chi connectivity index (χ3v) is 3.90. The Balaban J connectivity index is 2.37. The van der Waals surface area contributed by atoms with Crippen molar-refractivity contribution in [2.24, 2.45) is 0 Å². The van der Waals surface area contributed by atoms with Gasteiger partial charge in [0.1, 0.15) is 10.8 Å². The van der Waals surface area contributed by atoms with E-state index in [1.165, 1.54) is 0 Å². The minimum Gasteiger partial charge on any atom is -0.478 e. The van der Waals surface area contributed by atoms with Gasteiger partial charge in [-0.15, -0.1) is 0 Å². The number of aromatic carboxylic acids is 1. The van der Waals surface area contributed by atoms with Crippen LogP contribution < -0.4 is 0 Å². The van der Waals surface area contributed by atoms with Crippen LogP contribution in [0, 0.1) is 5.82 Å². The van der Waals surface area contributed by atoms with Gasteiger partial charge in [0.25, 0.3) is 0 Å². The molecule has 1 aromatic carbocycles. The number of rotatable bonds is 3. The van der Waals surface area contributed by atoms with Crippen LogP contribution in [0.1, 0.15) is 10.4 Å². The van der Waals surface area contributed by atoms with Gasteiger partial charge >= 0.3 is 5.97 Å². The lowest BCUT2D eigenvalue weighted by Gasteiger charge is -2.05. The van der Waals surface area contributed by atoms with Gasteiger partial charge in [0.2, 0.25) is 0 Å². The molecule has 7 heteroatoms. The Labute approximate surface area is 122 Å². The molecule has 19 heavy (non-hydrogen) atoms. The first-order valence-electron chi connectivity index (χ1n) is 4.99. The highest BCUT2D eigenvalue weighted by Gasteiger charge is 2.14. The van der Waals surface area contributed by atoms with Crippen LogP contribution in [0.15, 0.2) is 40.4 Å². The van der Waals surface area contributed by atoms with Crippen LogP contribution in [0.5, 0.6) is 0 Å². The van der Waals surface area contributed by atoms with Gasteiger partial charge in [-0.2, -0.15) is 0 Å². The summed E-state index contributed by atoms with van der Waals surface area (Å²) in [6.45, 7) is 0. The predicted molar refractivity (Wildman–Crippen MR) is 71.7 cm³/mol. The maximum Gasteiger partial charge on any atom is 0.338 e. The summed E-state index contributed by atoms with van der Waals surface area (Å²) < 4.78 is 13.0. The quantitative estimate of drug-likeness (QED) is 0.912. The molecule has 0 atom stereocenters. The number of carboxylic acid groups (broad SMARTS) is 1. The molecule has 0 saturated carbocycles. The molecule has 2 aromatic rings. The molecule has 0 fully saturated rings. The molecule has 0 radical (unpaired) electrons. The van der Waals surface area contributed by atoms with E-state index in [1.807, 2.05) is 0 Å². The number of benzene rings is 1. The predicted octanol–water partition coefficient (Wildman–Crippen LogP) is 4.38. The van der Waals surface area contributed by atoms with Crippen molar-refractivity contribution in [1.29, 1.82) is 0 Å². The summed E-state index contributed by atoms with van der Waals surface area (Å²) in [6.07, 6.45) is 0.965. The third-order valence-electron chi connectivity index (χ3n) is 2.15. The summed E-state index contributed by atoms with van der Waals surface area (Å²) >= 11 is 12.7. The van der Waals surface area contributed by atoms with Crippen LogP contribution in [-0.2, 0) is 0 Å². The summed E-state index contributed by atoms with van der Waals surface area (Å²) in [5, 5.41) is 9.94. The first-order chi connectivity index (χ1) is 8.97. The van der Waals surface area contributed by atoms with Crippen LogP contribution in [-0.4, -0.2) is 16.1 Å². The van der Waals surface area contributed by atoms with Crippen LogP contribution in [0.25, 0.3) is 0 Å². The van der Waals surface area contributed by atoms with Gasteiger partial charge in [0.05, 0.1) is 21.8 Å². The smallest absolute Gasteiger partial charge is 0.338 e. The Morgan fingerprint density at radius 1 is 1.26 bits per heavy atom. The second-order valence-corrected chi connectivity index (χ2v) is 5.37. The van der Waals surface area contributed by atoms with Gasteiger partial charge in [-0.25, -0.2) is 14.2 Å². The zero-order chi connectivity index (χ0) is 14.0. The van der Waals surface area contributed by atoms with Crippen molar-refractivity contribution >= 4 is 40.9 Å². The van der Waals surface area contributed by atoms with Crippen LogP contribution >= 0.6 is 35.0 Å². The number of carbonyl (C=O) groups is 1. The van der Waals surface area contributed by atoms with E-state index in [1.54, 1.807) is 18.2 Å². The van der Waals surface area contributed by atoms with E-state index in [4.69, 9.17) is 28.3 Å². The molecule has 0 aliphatic heterocycles. The Kier molecular flexibility index (Phi) is 4.29. The minimum absolute atomic E-state index is 0.187. The molecule has 2 rings (SSSR count). The van der Waals surface area contributed by atoms with Crippen molar-refractivity contribution in [3.05, 3.63) is 51.9 Å². The van der Waals surface area contributed by atoms with Gasteiger partial charge in [-0.3, -0.25) is 0 Å². The Bertz CT molecular complexity index is 652. The molecule has 98 valence electrons.